The Labute approximate surface area is 157 Å². The van der Waals surface area contributed by atoms with Gasteiger partial charge in [-0.05, 0) is 0 Å². The van der Waals surface area contributed by atoms with E-state index in [0.29, 0.717) is 0 Å². The van der Waals surface area contributed by atoms with E-state index < -0.39 is 0 Å². The van der Waals surface area contributed by atoms with Gasteiger partial charge in [0.15, 0.2) is 0 Å². The summed E-state index contributed by atoms with van der Waals surface area (Å²) in [6.45, 7) is 0. The van der Waals surface area contributed by atoms with Gasteiger partial charge >= 0.3 is 158 Å². The molecule has 4 rings (SSSR count). The number of hydrogen-bond donors (Lipinski definition) is 0. The zero-order valence-electron chi connectivity index (χ0n) is 13.2. The zero-order valence-corrected chi connectivity index (χ0v) is 15.7. The van der Waals surface area contributed by atoms with Gasteiger partial charge in [0.2, 0.25) is 0 Å². The van der Waals surface area contributed by atoms with Crippen LogP contribution in [0, 0.1) is 0 Å². The summed E-state index contributed by atoms with van der Waals surface area (Å²) in [5.41, 5.74) is 2.96. The van der Waals surface area contributed by atoms with E-state index in [1.165, 1.54) is 4.46 Å². The van der Waals surface area contributed by atoms with Crippen LogP contribution in [0.4, 0.5) is 0 Å². The van der Waals surface area contributed by atoms with Crippen molar-refractivity contribution < 1.29 is 0 Å². The van der Waals surface area contributed by atoms with Gasteiger partial charge in [-0.2, -0.15) is 0 Å². The van der Waals surface area contributed by atoms with Gasteiger partial charge in [0.1, 0.15) is 0 Å². The summed E-state index contributed by atoms with van der Waals surface area (Å²) in [6.07, 6.45) is 1.97. The Balaban J connectivity index is 1.70. The predicted molar refractivity (Wildman–Crippen MR) is 103 cm³/mol. The second-order valence-corrected chi connectivity index (χ2v) is 8.10. The fraction of sp³-hybridized carbons (Fsp3) is 0. The Hall–Kier alpha value is -2.39. The molecule has 0 aliphatic carbocycles. The summed E-state index contributed by atoms with van der Waals surface area (Å²) in [7, 11) is 0. The van der Waals surface area contributed by atoms with E-state index in [1.54, 1.807) is 0 Å². The molecule has 0 aliphatic heterocycles. The first-order valence-electron chi connectivity index (χ1n) is 7.81. The van der Waals surface area contributed by atoms with Gasteiger partial charge in [0, 0.05) is 0 Å². The van der Waals surface area contributed by atoms with E-state index in [2.05, 4.69) is 28.5 Å². The maximum absolute atomic E-state index is 6.34. The number of rotatable bonds is 4. The molecule has 0 spiro atoms. The second kappa shape index (κ2) is 7.24. The van der Waals surface area contributed by atoms with E-state index in [0.717, 1.165) is 26.4 Å². The quantitative estimate of drug-likeness (QED) is 0.484. The molecule has 25 heavy (non-hydrogen) atoms. The minimum atomic E-state index is 0.0911. The molecule has 0 atom stereocenters. The van der Waals surface area contributed by atoms with Crippen molar-refractivity contribution in [1.29, 1.82) is 0 Å². The van der Waals surface area contributed by atoms with Crippen LogP contribution in [0.3, 0.4) is 0 Å². The molecule has 0 saturated heterocycles. The topological polar surface area (TPSA) is 30.7 Å². The van der Waals surface area contributed by atoms with Gasteiger partial charge < -0.3 is 0 Å². The van der Waals surface area contributed by atoms with E-state index in [1.807, 2.05) is 71.5 Å². The van der Waals surface area contributed by atoms with E-state index in [-0.39, 0.29) is 15.0 Å². The SMILES string of the molecule is Clc1ccccc1[Se]c1ccccc1-n1cc(-c2ccccc2)nn1. The summed E-state index contributed by atoms with van der Waals surface area (Å²) in [4.78, 5) is 0. The van der Waals surface area contributed by atoms with Crippen LogP contribution in [0.1, 0.15) is 0 Å². The predicted octanol–water partition coefficient (Wildman–Crippen LogP) is 3.24. The zero-order chi connectivity index (χ0) is 17.1. The van der Waals surface area contributed by atoms with Gasteiger partial charge in [-0.25, -0.2) is 0 Å². The molecular weight excluding hydrogens is 397 g/mol. The number of nitrogens with zero attached hydrogens (tertiary/aromatic N) is 3. The van der Waals surface area contributed by atoms with Crippen molar-refractivity contribution in [3.05, 3.63) is 90.1 Å². The molecule has 1 aromatic heterocycles. The van der Waals surface area contributed by atoms with Crippen molar-refractivity contribution in [2.45, 2.75) is 0 Å². The molecule has 0 amide bonds. The first-order chi connectivity index (χ1) is 12.3. The molecule has 3 nitrogen and oxygen atoms in total. The van der Waals surface area contributed by atoms with Crippen molar-refractivity contribution in [2.24, 2.45) is 0 Å². The second-order valence-electron chi connectivity index (χ2n) is 5.41. The van der Waals surface area contributed by atoms with Gasteiger partial charge in [-0.1, -0.05) is 0 Å². The minimum absolute atomic E-state index is 0.0911. The fourth-order valence-electron chi connectivity index (χ4n) is 2.50. The molecule has 5 heteroatoms. The Morgan fingerprint density at radius 3 is 2.24 bits per heavy atom. The molecule has 0 aliphatic rings. The Morgan fingerprint density at radius 2 is 1.44 bits per heavy atom. The average Bonchev–Trinajstić information content (AvgIpc) is 3.15. The van der Waals surface area contributed by atoms with Gasteiger partial charge in [-0.3, -0.25) is 0 Å². The van der Waals surface area contributed by atoms with Crippen LogP contribution in [0.5, 0.6) is 0 Å². The van der Waals surface area contributed by atoms with Gasteiger partial charge in [0.25, 0.3) is 0 Å². The van der Waals surface area contributed by atoms with Crippen LogP contribution >= 0.6 is 11.6 Å². The molecule has 0 fully saturated rings. The molecule has 4 aromatic rings. The molecule has 0 bridgehead atoms. The van der Waals surface area contributed by atoms with Gasteiger partial charge in [0.05, 0.1) is 0 Å². The number of para-hydroxylation sites is 1. The number of hydrogen-bond acceptors (Lipinski definition) is 2. The Kier molecular flexibility index (Phi) is 4.66. The molecule has 122 valence electrons. The van der Waals surface area contributed by atoms with E-state index in [9.17, 15) is 0 Å². The number of aromatic nitrogens is 3. The Morgan fingerprint density at radius 1 is 0.760 bits per heavy atom. The van der Waals surface area contributed by atoms with Crippen LogP contribution in [0.15, 0.2) is 85.1 Å². The van der Waals surface area contributed by atoms with Crippen molar-refractivity contribution in [2.75, 3.05) is 0 Å². The number of benzene rings is 3. The summed E-state index contributed by atoms with van der Waals surface area (Å²) >= 11 is 6.43. The van der Waals surface area contributed by atoms with Crippen LogP contribution in [-0.4, -0.2) is 30.0 Å². The molecular formula is C20H14ClN3Se. The summed E-state index contributed by atoms with van der Waals surface area (Å²) in [6, 6.07) is 26.3. The average molecular weight is 411 g/mol. The molecule has 1 heterocycles. The summed E-state index contributed by atoms with van der Waals surface area (Å²) in [5, 5.41) is 9.46. The summed E-state index contributed by atoms with van der Waals surface area (Å²) < 4.78 is 4.22. The third kappa shape index (κ3) is 3.52. The monoisotopic (exact) mass is 411 g/mol. The standard InChI is InChI=1S/C20H14ClN3Se/c21-16-10-4-6-12-19(16)25-20-13-7-5-11-18(20)24-14-17(22-23-24)15-8-2-1-3-9-15/h1-14H. The van der Waals surface area contributed by atoms with Crippen LogP contribution in [0.2, 0.25) is 5.02 Å². The third-order valence-electron chi connectivity index (χ3n) is 3.73. The number of halogens is 1. The fourth-order valence-corrected chi connectivity index (χ4v) is 4.86. The molecule has 0 saturated carbocycles. The molecule has 3 aromatic carbocycles. The summed E-state index contributed by atoms with van der Waals surface area (Å²) in [5.74, 6) is 0. The normalized spacial score (nSPS) is 10.8. The first kappa shape index (κ1) is 16.1. The molecule has 0 unspecified atom stereocenters. The van der Waals surface area contributed by atoms with Crippen LogP contribution in [0.25, 0.3) is 16.9 Å². The van der Waals surface area contributed by atoms with Crippen molar-refractivity contribution >= 4 is 35.5 Å². The van der Waals surface area contributed by atoms with E-state index >= 15 is 0 Å². The Bertz CT molecular complexity index is 999. The van der Waals surface area contributed by atoms with Crippen molar-refractivity contribution in [1.82, 2.24) is 15.0 Å². The maximum atomic E-state index is 6.34. The van der Waals surface area contributed by atoms with Crippen LogP contribution < -0.4 is 8.92 Å². The van der Waals surface area contributed by atoms with Gasteiger partial charge in [-0.15, -0.1) is 0 Å². The third-order valence-corrected chi connectivity index (χ3v) is 6.71. The van der Waals surface area contributed by atoms with Crippen LogP contribution in [-0.2, 0) is 0 Å². The van der Waals surface area contributed by atoms with Crippen molar-refractivity contribution in [3.63, 3.8) is 0 Å². The molecule has 0 N–H and O–H groups in total. The van der Waals surface area contributed by atoms with E-state index in [4.69, 9.17) is 11.6 Å². The van der Waals surface area contributed by atoms with Crippen molar-refractivity contribution in [3.8, 4) is 16.9 Å². The first-order valence-corrected chi connectivity index (χ1v) is 9.90. The molecule has 0 radical (unpaired) electrons.